The highest BCUT2D eigenvalue weighted by atomic mass is 16.4. The van der Waals surface area contributed by atoms with E-state index in [1.165, 1.54) is 0 Å². The molecule has 1 fully saturated rings. The van der Waals surface area contributed by atoms with Crippen LogP contribution in [0, 0.1) is 5.92 Å². The van der Waals surface area contributed by atoms with Crippen LogP contribution in [-0.2, 0) is 9.59 Å². The minimum atomic E-state index is -1.24. The molecule has 15 heavy (non-hydrogen) atoms. The summed E-state index contributed by atoms with van der Waals surface area (Å²) in [5.74, 6) is -1.27. The van der Waals surface area contributed by atoms with Gasteiger partial charge >= 0.3 is 5.97 Å². The van der Waals surface area contributed by atoms with E-state index in [2.05, 4.69) is 5.32 Å². The Morgan fingerprint density at radius 1 is 1.47 bits per heavy atom. The van der Waals surface area contributed by atoms with Gasteiger partial charge in [0.2, 0.25) is 5.91 Å². The number of rotatable bonds is 6. The Morgan fingerprint density at radius 3 is 2.47 bits per heavy atom. The zero-order valence-electron chi connectivity index (χ0n) is 8.35. The number of aliphatic hydroxyl groups is 1. The van der Waals surface area contributed by atoms with Crippen LogP contribution < -0.4 is 11.1 Å². The molecule has 0 heterocycles. The maximum atomic E-state index is 11.3. The molecule has 0 aliphatic heterocycles. The summed E-state index contributed by atoms with van der Waals surface area (Å²) >= 11 is 0. The Kier molecular flexibility index (Phi) is 4.05. The molecule has 2 atom stereocenters. The first-order valence-corrected chi connectivity index (χ1v) is 4.93. The van der Waals surface area contributed by atoms with E-state index < -0.39 is 24.5 Å². The van der Waals surface area contributed by atoms with Crippen molar-refractivity contribution in [2.24, 2.45) is 11.7 Å². The Labute approximate surface area is 87.5 Å². The highest BCUT2D eigenvalue weighted by Gasteiger charge is 2.30. The van der Waals surface area contributed by atoms with Gasteiger partial charge in [0.1, 0.15) is 6.04 Å². The SMILES string of the molecule is NC(CC(=O)NC(CO)C(=O)O)C1CC1. The average Bonchev–Trinajstić information content (AvgIpc) is 2.96. The first-order valence-electron chi connectivity index (χ1n) is 4.93. The first-order chi connectivity index (χ1) is 7.04. The van der Waals surface area contributed by atoms with E-state index >= 15 is 0 Å². The van der Waals surface area contributed by atoms with Crippen LogP contribution in [0.1, 0.15) is 19.3 Å². The van der Waals surface area contributed by atoms with Crippen molar-refractivity contribution in [3.63, 3.8) is 0 Å². The molecule has 1 saturated carbocycles. The second-order valence-electron chi connectivity index (χ2n) is 3.85. The fourth-order valence-corrected chi connectivity index (χ4v) is 1.34. The molecule has 0 aromatic heterocycles. The number of carbonyl (C=O) groups excluding carboxylic acids is 1. The second kappa shape index (κ2) is 5.09. The van der Waals surface area contributed by atoms with Crippen molar-refractivity contribution in [2.45, 2.75) is 31.3 Å². The highest BCUT2D eigenvalue weighted by Crippen LogP contribution is 2.32. The second-order valence-corrected chi connectivity index (χ2v) is 3.85. The minimum absolute atomic E-state index is 0.119. The lowest BCUT2D eigenvalue weighted by atomic mass is 10.1. The normalized spacial score (nSPS) is 19.3. The van der Waals surface area contributed by atoms with Crippen molar-refractivity contribution >= 4 is 11.9 Å². The van der Waals surface area contributed by atoms with Crippen LogP contribution in [0.25, 0.3) is 0 Å². The third-order valence-electron chi connectivity index (χ3n) is 2.46. The molecule has 1 aliphatic rings. The number of aliphatic hydroxyl groups excluding tert-OH is 1. The number of nitrogens with one attached hydrogen (secondary N) is 1. The van der Waals surface area contributed by atoms with Crippen LogP contribution in [-0.4, -0.2) is 40.8 Å². The summed E-state index contributed by atoms with van der Waals surface area (Å²) in [5.41, 5.74) is 5.70. The van der Waals surface area contributed by atoms with Crippen molar-refractivity contribution in [1.29, 1.82) is 0 Å². The van der Waals surface area contributed by atoms with E-state index in [1.54, 1.807) is 0 Å². The summed E-state index contributed by atoms with van der Waals surface area (Å²) in [4.78, 5) is 21.8. The molecule has 0 aromatic carbocycles. The standard InChI is InChI=1S/C9H16N2O4/c10-6(5-1-2-5)3-8(13)11-7(4-12)9(14)15/h5-7,12H,1-4,10H2,(H,11,13)(H,14,15). The smallest absolute Gasteiger partial charge is 0.328 e. The highest BCUT2D eigenvalue weighted by molar-refractivity contribution is 5.83. The van der Waals surface area contributed by atoms with Crippen molar-refractivity contribution in [1.82, 2.24) is 5.32 Å². The number of carboxylic acids is 1. The maximum absolute atomic E-state index is 11.3. The van der Waals surface area contributed by atoms with Crippen molar-refractivity contribution in [2.75, 3.05) is 6.61 Å². The van der Waals surface area contributed by atoms with Gasteiger partial charge in [0.05, 0.1) is 6.61 Å². The van der Waals surface area contributed by atoms with Crippen LogP contribution in [0.15, 0.2) is 0 Å². The quantitative estimate of drug-likeness (QED) is 0.439. The first kappa shape index (κ1) is 11.9. The number of nitrogens with two attached hydrogens (primary N) is 1. The third-order valence-corrected chi connectivity index (χ3v) is 2.46. The molecule has 86 valence electrons. The van der Waals surface area contributed by atoms with E-state index in [0.717, 1.165) is 12.8 Å². The summed E-state index contributed by atoms with van der Waals surface area (Å²) in [6.45, 7) is -0.611. The molecular weight excluding hydrogens is 200 g/mol. The molecule has 0 saturated heterocycles. The lowest BCUT2D eigenvalue weighted by Crippen LogP contribution is -2.45. The molecule has 0 radical (unpaired) electrons. The molecule has 1 rings (SSSR count). The summed E-state index contributed by atoms with van der Waals surface area (Å²) in [6.07, 6.45) is 2.20. The number of hydrogen-bond donors (Lipinski definition) is 4. The van der Waals surface area contributed by atoms with Gasteiger partial charge < -0.3 is 21.3 Å². The molecular formula is C9H16N2O4. The van der Waals surface area contributed by atoms with Crippen molar-refractivity contribution < 1.29 is 19.8 Å². The molecule has 6 heteroatoms. The molecule has 0 spiro atoms. The predicted octanol–water partition coefficient (Wildman–Crippen LogP) is -1.32. The van der Waals surface area contributed by atoms with Gasteiger partial charge in [-0.3, -0.25) is 4.79 Å². The van der Waals surface area contributed by atoms with E-state index in [-0.39, 0.29) is 12.5 Å². The van der Waals surface area contributed by atoms with Crippen LogP contribution in [0.5, 0.6) is 0 Å². The topological polar surface area (TPSA) is 113 Å². The average molecular weight is 216 g/mol. The lowest BCUT2D eigenvalue weighted by molar-refractivity contribution is -0.143. The zero-order valence-corrected chi connectivity index (χ0v) is 8.35. The monoisotopic (exact) mass is 216 g/mol. The largest absolute Gasteiger partial charge is 0.480 e. The zero-order chi connectivity index (χ0) is 11.4. The number of aliphatic carboxylic acids is 1. The Bertz CT molecular complexity index is 252. The van der Waals surface area contributed by atoms with Crippen molar-refractivity contribution in [3.8, 4) is 0 Å². The van der Waals surface area contributed by atoms with Crippen LogP contribution >= 0.6 is 0 Å². The molecule has 0 aromatic rings. The van der Waals surface area contributed by atoms with Gasteiger partial charge in [0, 0.05) is 12.5 Å². The van der Waals surface area contributed by atoms with E-state index in [0.29, 0.717) is 5.92 Å². The lowest BCUT2D eigenvalue weighted by Gasteiger charge is -2.14. The van der Waals surface area contributed by atoms with Gasteiger partial charge in [-0.1, -0.05) is 0 Å². The molecule has 0 bridgehead atoms. The van der Waals surface area contributed by atoms with Gasteiger partial charge in [-0.2, -0.15) is 0 Å². The predicted molar refractivity (Wildman–Crippen MR) is 52.0 cm³/mol. The van der Waals surface area contributed by atoms with Gasteiger partial charge in [-0.15, -0.1) is 0 Å². The maximum Gasteiger partial charge on any atom is 0.328 e. The van der Waals surface area contributed by atoms with Crippen molar-refractivity contribution in [3.05, 3.63) is 0 Å². The van der Waals surface area contributed by atoms with E-state index in [9.17, 15) is 9.59 Å². The summed E-state index contributed by atoms with van der Waals surface area (Å²) in [5, 5.41) is 19.5. The van der Waals surface area contributed by atoms with Crippen LogP contribution in [0.2, 0.25) is 0 Å². The number of amides is 1. The van der Waals surface area contributed by atoms with Gasteiger partial charge in [0.15, 0.2) is 0 Å². The molecule has 2 unspecified atom stereocenters. The molecule has 6 nitrogen and oxygen atoms in total. The Morgan fingerprint density at radius 2 is 2.07 bits per heavy atom. The summed E-state index contributed by atoms with van der Waals surface area (Å²) < 4.78 is 0. The van der Waals surface area contributed by atoms with Gasteiger partial charge in [-0.25, -0.2) is 4.79 Å². The Balaban J connectivity index is 2.29. The van der Waals surface area contributed by atoms with Gasteiger partial charge in [0.25, 0.3) is 0 Å². The third kappa shape index (κ3) is 3.85. The number of carboxylic acid groups (broad SMARTS) is 1. The van der Waals surface area contributed by atoms with Crippen LogP contribution in [0.3, 0.4) is 0 Å². The number of carbonyl (C=O) groups is 2. The summed E-state index contributed by atoms with van der Waals surface area (Å²) in [7, 11) is 0. The van der Waals surface area contributed by atoms with Gasteiger partial charge in [-0.05, 0) is 18.8 Å². The Hall–Kier alpha value is -1.14. The minimum Gasteiger partial charge on any atom is -0.480 e. The molecule has 1 amide bonds. The number of hydrogen-bond acceptors (Lipinski definition) is 4. The fraction of sp³-hybridized carbons (Fsp3) is 0.778. The molecule has 5 N–H and O–H groups in total. The van der Waals surface area contributed by atoms with E-state index in [4.69, 9.17) is 15.9 Å². The summed E-state index contributed by atoms with van der Waals surface area (Å²) in [6, 6.07) is -1.43. The molecule has 1 aliphatic carbocycles. The van der Waals surface area contributed by atoms with Crippen LogP contribution in [0.4, 0.5) is 0 Å². The van der Waals surface area contributed by atoms with E-state index in [1.807, 2.05) is 0 Å². The fourth-order valence-electron chi connectivity index (χ4n) is 1.34.